The van der Waals surface area contributed by atoms with E-state index in [1.54, 1.807) is 25.1 Å². The van der Waals surface area contributed by atoms with Crippen LogP contribution in [-0.2, 0) is 13.1 Å². The lowest BCUT2D eigenvalue weighted by atomic mass is 10.2. The molecule has 0 saturated heterocycles. The van der Waals surface area contributed by atoms with Crippen LogP contribution in [0.1, 0.15) is 11.1 Å². The van der Waals surface area contributed by atoms with E-state index in [0.29, 0.717) is 19.0 Å². The van der Waals surface area contributed by atoms with Gasteiger partial charge in [-0.2, -0.15) is 5.10 Å². The fourth-order valence-corrected chi connectivity index (χ4v) is 1.85. The van der Waals surface area contributed by atoms with E-state index in [1.165, 1.54) is 0 Å². The van der Waals surface area contributed by atoms with E-state index in [9.17, 15) is 0 Å². The second-order valence-corrected chi connectivity index (χ2v) is 3.89. The van der Waals surface area contributed by atoms with Crippen LogP contribution < -0.4 is 15.2 Å². The van der Waals surface area contributed by atoms with Crippen LogP contribution in [0.2, 0.25) is 0 Å². The van der Waals surface area contributed by atoms with Crippen molar-refractivity contribution in [2.75, 3.05) is 14.2 Å². The molecule has 0 aliphatic carbocycles. The molecule has 5 heteroatoms. The first-order valence-corrected chi connectivity index (χ1v) is 5.70. The van der Waals surface area contributed by atoms with Crippen LogP contribution in [-0.4, -0.2) is 24.0 Å². The lowest BCUT2D eigenvalue weighted by Gasteiger charge is -2.08. The lowest BCUT2D eigenvalue weighted by Crippen LogP contribution is -2.06. The van der Waals surface area contributed by atoms with E-state index in [4.69, 9.17) is 15.2 Å². The molecule has 1 aromatic carbocycles. The van der Waals surface area contributed by atoms with Crippen LogP contribution in [0, 0.1) is 0 Å². The number of methoxy groups -OCH3 is 2. The fraction of sp³-hybridized carbons (Fsp3) is 0.308. The van der Waals surface area contributed by atoms with Gasteiger partial charge in [-0.15, -0.1) is 0 Å². The maximum atomic E-state index is 5.63. The van der Waals surface area contributed by atoms with Gasteiger partial charge >= 0.3 is 0 Å². The number of aromatic nitrogens is 2. The normalized spacial score (nSPS) is 10.4. The average molecular weight is 247 g/mol. The molecular weight excluding hydrogens is 230 g/mol. The van der Waals surface area contributed by atoms with Gasteiger partial charge in [0.25, 0.3) is 0 Å². The Bertz CT molecular complexity index is 523. The van der Waals surface area contributed by atoms with Crippen molar-refractivity contribution in [3.8, 4) is 11.6 Å². The summed E-state index contributed by atoms with van der Waals surface area (Å²) < 4.78 is 12.3. The molecule has 0 aliphatic heterocycles. The van der Waals surface area contributed by atoms with Crippen molar-refractivity contribution >= 4 is 0 Å². The van der Waals surface area contributed by atoms with Gasteiger partial charge in [0.15, 0.2) is 0 Å². The minimum Gasteiger partial charge on any atom is -0.497 e. The topological polar surface area (TPSA) is 62.3 Å². The SMILES string of the molecule is COc1cccc(Cn2ncc(CN)c2OC)c1. The van der Waals surface area contributed by atoms with Crippen molar-refractivity contribution in [3.05, 3.63) is 41.6 Å². The Morgan fingerprint density at radius 1 is 1.28 bits per heavy atom. The highest BCUT2D eigenvalue weighted by Crippen LogP contribution is 2.20. The Morgan fingerprint density at radius 3 is 2.78 bits per heavy atom. The van der Waals surface area contributed by atoms with Crippen molar-refractivity contribution < 1.29 is 9.47 Å². The van der Waals surface area contributed by atoms with Gasteiger partial charge in [-0.25, -0.2) is 4.68 Å². The highest BCUT2D eigenvalue weighted by atomic mass is 16.5. The molecule has 2 N–H and O–H groups in total. The van der Waals surface area contributed by atoms with Crippen LogP contribution in [0.25, 0.3) is 0 Å². The molecule has 0 bridgehead atoms. The van der Waals surface area contributed by atoms with Gasteiger partial charge in [0.05, 0.1) is 27.0 Å². The van der Waals surface area contributed by atoms with Crippen molar-refractivity contribution in [3.63, 3.8) is 0 Å². The largest absolute Gasteiger partial charge is 0.497 e. The van der Waals surface area contributed by atoms with Crippen molar-refractivity contribution in [2.24, 2.45) is 5.73 Å². The third-order valence-electron chi connectivity index (χ3n) is 2.74. The number of nitrogens with zero attached hydrogens (tertiary/aromatic N) is 2. The zero-order valence-electron chi connectivity index (χ0n) is 10.6. The fourth-order valence-electron chi connectivity index (χ4n) is 1.85. The first-order valence-electron chi connectivity index (χ1n) is 5.70. The molecule has 0 atom stereocenters. The molecule has 0 radical (unpaired) electrons. The second-order valence-electron chi connectivity index (χ2n) is 3.89. The molecule has 5 nitrogen and oxygen atoms in total. The summed E-state index contributed by atoms with van der Waals surface area (Å²) in [5, 5.41) is 4.28. The van der Waals surface area contributed by atoms with Gasteiger partial charge in [0.2, 0.25) is 5.88 Å². The summed E-state index contributed by atoms with van der Waals surface area (Å²) in [6.45, 7) is 1.04. The van der Waals surface area contributed by atoms with Gasteiger partial charge < -0.3 is 15.2 Å². The van der Waals surface area contributed by atoms with E-state index in [1.807, 2.05) is 24.3 Å². The summed E-state index contributed by atoms with van der Waals surface area (Å²) in [6, 6.07) is 7.86. The maximum absolute atomic E-state index is 5.63. The first-order chi connectivity index (χ1) is 8.78. The van der Waals surface area contributed by atoms with Crippen molar-refractivity contribution in [2.45, 2.75) is 13.1 Å². The summed E-state index contributed by atoms with van der Waals surface area (Å²) in [6.07, 6.45) is 1.74. The Morgan fingerprint density at radius 2 is 2.11 bits per heavy atom. The van der Waals surface area contributed by atoms with E-state index in [0.717, 1.165) is 16.9 Å². The predicted octanol–water partition coefficient (Wildman–Crippen LogP) is 1.41. The molecule has 0 amide bonds. The Balaban J connectivity index is 2.25. The number of ether oxygens (including phenoxy) is 2. The highest BCUT2D eigenvalue weighted by Gasteiger charge is 2.10. The molecule has 2 rings (SSSR count). The first kappa shape index (κ1) is 12.4. The summed E-state index contributed by atoms with van der Waals surface area (Å²) in [4.78, 5) is 0. The molecule has 2 aromatic rings. The number of nitrogens with two attached hydrogens (primary N) is 1. The van der Waals surface area contributed by atoms with Crippen LogP contribution in [0.5, 0.6) is 11.6 Å². The quantitative estimate of drug-likeness (QED) is 0.867. The molecule has 18 heavy (non-hydrogen) atoms. The number of hydrogen-bond donors (Lipinski definition) is 1. The minimum atomic E-state index is 0.418. The van der Waals surface area contributed by atoms with Crippen LogP contribution in [0.4, 0.5) is 0 Å². The predicted molar refractivity (Wildman–Crippen MR) is 68.8 cm³/mol. The molecule has 96 valence electrons. The zero-order chi connectivity index (χ0) is 13.0. The molecule has 1 aromatic heterocycles. The monoisotopic (exact) mass is 247 g/mol. The van der Waals surface area contributed by atoms with Crippen LogP contribution in [0.3, 0.4) is 0 Å². The summed E-state index contributed by atoms with van der Waals surface area (Å²) >= 11 is 0. The van der Waals surface area contributed by atoms with E-state index in [2.05, 4.69) is 5.10 Å². The van der Waals surface area contributed by atoms with Gasteiger partial charge in [0, 0.05) is 12.1 Å². The smallest absolute Gasteiger partial charge is 0.216 e. The number of rotatable bonds is 5. The van der Waals surface area contributed by atoms with E-state index in [-0.39, 0.29) is 0 Å². The summed E-state index contributed by atoms with van der Waals surface area (Å²) in [5.74, 6) is 1.54. The molecule has 1 heterocycles. The third-order valence-corrected chi connectivity index (χ3v) is 2.74. The molecule has 0 unspecified atom stereocenters. The Kier molecular flexibility index (Phi) is 3.84. The third kappa shape index (κ3) is 2.46. The van der Waals surface area contributed by atoms with E-state index >= 15 is 0 Å². The average Bonchev–Trinajstić information content (AvgIpc) is 2.80. The Hall–Kier alpha value is -2.01. The maximum Gasteiger partial charge on any atom is 0.216 e. The molecular formula is C13H17N3O2. The van der Waals surface area contributed by atoms with Crippen LogP contribution in [0.15, 0.2) is 30.5 Å². The minimum absolute atomic E-state index is 0.418. The molecule has 0 saturated carbocycles. The number of hydrogen-bond acceptors (Lipinski definition) is 4. The second kappa shape index (κ2) is 5.55. The van der Waals surface area contributed by atoms with Gasteiger partial charge in [0.1, 0.15) is 5.75 Å². The van der Waals surface area contributed by atoms with Crippen molar-refractivity contribution in [1.82, 2.24) is 9.78 Å². The van der Waals surface area contributed by atoms with E-state index < -0.39 is 0 Å². The molecule has 0 spiro atoms. The van der Waals surface area contributed by atoms with Gasteiger partial charge in [-0.05, 0) is 17.7 Å². The standard InChI is InChI=1S/C13H17N3O2/c1-17-12-5-3-4-10(6-12)9-16-13(18-2)11(7-14)8-15-16/h3-6,8H,7,9,14H2,1-2H3. The zero-order valence-corrected chi connectivity index (χ0v) is 10.6. The molecule has 0 aliphatic rings. The number of benzene rings is 1. The highest BCUT2D eigenvalue weighted by molar-refractivity contribution is 5.30. The Labute approximate surface area is 106 Å². The summed E-state index contributed by atoms with van der Waals surface area (Å²) in [7, 11) is 3.28. The molecule has 0 fully saturated rings. The van der Waals surface area contributed by atoms with Crippen LogP contribution >= 0.6 is 0 Å². The van der Waals surface area contributed by atoms with Gasteiger partial charge in [-0.3, -0.25) is 0 Å². The van der Waals surface area contributed by atoms with Crippen molar-refractivity contribution in [1.29, 1.82) is 0 Å². The summed E-state index contributed by atoms with van der Waals surface area (Å²) in [5.41, 5.74) is 7.62. The van der Waals surface area contributed by atoms with Gasteiger partial charge in [-0.1, -0.05) is 12.1 Å². The lowest BCUT2D eigenvalue weighted by molar-refractivity contribution is 0.362.